The van der Waals surface area contributed by atoms with E-state index in [1.165, 1.54) is 18.9 Å². The number of nitrogens with one attached hydrogen (secondary N) is 2. The van der Waals surface area contributed by atoms with E-state index in [4.69, 9.17) is 0 Å². The number of imide groups is 1. The Balaban J connectivity index is 3.76. The summed E-state index contributed by atoms with van der Waals surface area (Å²) in [6, 6.07) is -0.475. The zero-order chi connectivity index (χ0) is 15.5. The zero-order valence-electron chi connectivity index (χ0n) is 12.5. The molecule has 0 saturated carbocycles. The Kier molecular flexibility index (Phi) is 9.88. The second kappa shape index (κ2) is 10.5. The molecule has 116 valence electrons. The van der Waals surface area contributed by atoms with Gasteiger partial charge in [0.05, 0.1) is 19.3 Å². The molecule has 0 aromatic carbocycles. The molecule has 20 heavy (non-hydrogen) atoms. The normalized spacial score (nSPS) is 11.8. The Hall–Kier alpha value is -1.24. The molecular weight excluding hydrogens is 280 g/mol. The third-order valence-corrected chi connectivity index (χ3v) is 3.61. The number of methoxy groups -OCH3 is 1. The van der Waals surface area contributed by atoms with Crippen LogP contribution in [-0.4, -0.2) is 42.6 Å². The smallest absolute Gasteiger partial charge is 0.321 e. The van der Waals surface area contributed by atoms with Crippen LogP contribution >= 0.6 is 11.8 Å². The molecule has 0 aromatic rings. The summed E-state index contributed by atoms with van der Waals surface area (Å²) in [5.41, 5.74) is 0. The molecule has 0 aliphatic heterocycles. The van der Waals surface area contributed by atoms with Crippen molar-refractivity contribution in [3.8, 4) is 0 Å². The summed E-state index contributed by atoms with van der Waals surface area (Å²) in [7, 11) is 1.33. The van der Waals surface area contributed by atoms with Crippen LogP contribution in [0.25, 0.3) is 0 Å². The molecule has 0 fully saturated rings. The van der Waals surface area contributed by atoms with Crippen LogP contribution in [0.1, 0.15) is 33.6 Å². The fraction of sp³-hybridized carbons (Fsp3) is 0.769. The topological polar surface area (TPSA) is 84.5 Å². The Labute approximate surface area is 124 Å². The lowest BCUT2D eigenvalue weighted by Crippen LogP contribution is -2.41. The number of carbonyl (C=O) groups excluding carboxylic acids is 3. The van der Waals surface area contributed by atoms with E-state index in [1.54, 1.807) is 0 Å². The lowest BCUT2D eigenvalue weighted by molar-refractivity contribution is -0.140. The highest BCUT2D eigenvalue weighted by atomic mass is 32.2. The number of thioether (sulfide) groups is 1. The quantitative estimate of drug-likeness (QED) is 0.665. The number of ether oxygens (including phenoxy) is 1. The second-order valence-electron chi connectivity index (χ2n) is 4.89. The molecular formula is C13H24N2O4S. The first kappa shape index (κ1) is 18.8. The van der Waals surface area contributed by atoms with Crippen LogP contribution in [-0.2, 0) is 14.3 Å². The van der Waals surface area contributed by atoms with Gasteiger partial charge < -0.3 is 10.1 Å². The maximum absolute atomic E-state index is 11.5. The van der Waals surface area contributed by atoms with E-state index < -0.39 is 6.03 Å². The van der Waals surface area contributed by atoms with Crippen molar-refractivity contribution in [3.63, 3.8) is 0 Å². The highest BCUT2D eigenvalue weighted by Crippen LogP contribution is 2.13. The molecule has 0 aliphatic rings. The van der Waals surface area contributed by atoms with Gasteiger partial charge in [-0.2, -0.15) is 0 Å². The Bertz CT molecular complexity index is 334. The van der Waals surface area contributed by atoms with Gasteiger partial charge in [-0.3, -0.25) is 14.9 Å². The molecule has 0 spiro atoms. The van der Waals surface area contributed by atoms with Gasteiger partial charge in [-0.15, -0.1) is 11.8 Å². The first-order valence-corrected chi connectivity index (χ1v) is 7.66. The summed E-state index contributed by atoms with van der Waals surface area (Å²) in [4.78, 5) is 33.9. The fourth-order valence-electron chi connectivity index (χ4n) is 1.28. The number of carbonyl (C=O) groups is 3. The van der Waals surface area contributed by atoms with Gasteiger partial charge >= 0.3 is 12.0 Å². The predicted octanol–water partition coefficient (Wildman–Crippen LogP) is 1.54. The molecule has 7 heteroatoms. The highest BCUT2D eigenvalue weighted by molar-refractivity contribution is 8.00. The van der Waals surface area contributed by atoms with E-state index in [2.05, 4.69) is 29.2 Å². The monoisotopic (exact) mass is 304 g/mol. The standard InChI is InChI=1S/C13H24N2O4S/c1-9(2)5-6-14-13(18)15-11(16)8-20-10(3)7-12(17)19-4/h9-10H,5-8H2,1-4H3,(H2,14,15,16,18). The molecule has 0 rings (SSSR count). The third kappa shape index (κ3) is 10.7. The number of hydrogen-bond acceptors (Lipinski definition) is 5. The van der Waals surface area contributed by atoms with Crippen molar-refractivity contribution >= 4 is 29.7 Å². The number of hydrogen-bond donors (Lipinski definition) is 2. The summed E-state index contributed by atoms with van der Waals surface area (Å²) >= 11 is 1.31. The zero-order valence-corrected chi connectivity index (χ0v) is 13.3. The Morgan fingerprint density at radius 3 is 2.40 bits per heavy atom. The number of rotatable bonds is 8. The van der Waals surface area contributed by atoms with Crippen molar-refractivity contribution in [2.24, 2.45) is 5.92 Å². The predicted molar refractivity (Wildman–Crippen MR) is 79.5 cm³/mol. The van der Waals surface area contributed by atoms with Crippen molar-refractivity contribution in [2.75, 3.05) is 19.4 Å². The fourth-order valence-corrected chi connectivity index (χ4v) is 2.04. The van der Waals surface area contributed by atoms with E-state index in [0.717, 1.165) is 6.42 Å². The van der Waals surface area contributed by atoms with Crippen LogP contribution < -0.4 is 10.6 Å². The summed E-state index contributed by atoms with van der Waals surface area (Å²) in [6.45, 7) is 6.49. The number of amides is 3. The maximum atomic E-state index is 11.5. The molecule has 1 atom stereocenters. The number of esters is 1. The summed E-state index contributed by atoms with van der Waals surface area (Å²) in [5, 5.41) is 4.84. The van der Waals surface area contributed by atoms with Crippen LogP contribution in [0, 0.1) is 5.92 Å². The van der Waals surface area contributed by atoms with Gasteiger partial charge in [-0.05, 0) is 12.3 Å². The summed E-state index contributed by atoms with van der Waals surface area (Å²) in [6.07, 6.45) is 1.11. The molecule has 0 radical (unpaired) electrons. The molecule has 0 heterocycles. The van der Waals surface area contributed by atoms with Gasteiger partial charge in [-0.1, -0.05) is 20.8 Å². The van der Waals surface area contributed by atoms with E-state index in [9.17, 15) is 14.4 Å². The minimum absolute atomic E-state index is 0.0304. The van der Waals surface area contributed by atoms with Crippen LogP contribution in [0.3, 0.4) is 0 Å². The molecule has 0 aromatic heterocycles. The molecule has 0 saturated heterocycles. The summed E-state index contributed by atoms with van der Waals surface area (Å²) < 4.78 is 4.54. The SMILES string of the molecule is COC(=O)CC(C)SCC(=O)NC(=O)NCCC(C)C. The van der Waals surface area contributed by atoms with Crippen LogP contribution in [0.5, 0.6) is 0 Å². The maximum Gasteiger partial charge on any atom is 0.321 e. The minimum atomic E-state index is -0.475. The van der Waals surface area contributed by atoms with Gasteiger partial charge in [0.1, 0.15) is 0 Å². The van der Waals surface area contributed by atoms with E-state index in [0.29, 0.717) is 12.5 Å². The minimum Gasteiger partial charge on any atom is -0.469 e. The number of urea groups is 1. The van der Waals surface area contributed by atoms with Gasteiger partial charge in [0, 0.05) is 11.8 Å². The third-order valence-electron chi connectivity index (χ3n) is 2.44. The van der Waals surface area contributed by atoms with E-state index >= 15 is 0 Å². The highest BCUT2D eigenvalue weighted by Gasteiger charge is 2.13. The molecule has 1 unspecified atom stereocenters. The van der Waals surface area contributed by atoms with Crippen LogP contribution in [0.15, 0.2) is 0 Å². The second-order valence-corrected chi connectivity index (χ2v) is 6.32. The van der Waals surface area contributed by atoms with Gasteiger partial charge in [0.25, 0.3) is 0 Å². The van der Waals surface area contributed by atoms with Crippen molar-refractivity contribution in [3.05, 3.63) is 0 Å². The van der Waals surface area contributed by atoms with Gasteiger partial charge in [-0.25, -0.2) is 4.79 Å². The van der Waals surface area contributed by atoms with Crippen molar-refractivity contribution < 1.29 is 19.1 Å². The molecule has 6 nitrogen and oxygen atoms in total. The van der Waals surface area contributed by atoms with Crippen molar-refractivity contribution in [1.29, 1.82) is 0 Å². The summed E-state index contributed by atoms with van der Waals surface area (Å²) in [5.74, 6) is -0.0400. The first-order valence-electron chi connectivity index (χ1n) is 6.61. The van der Waals surface area contributed by atoms with E-state index in [-0.39, 0.29) is 29.3 Å². The first-order chi connectivity index (χ1) is 9.35. The van der Waals surface area contributed by atoms with Crippen molar-refractivity contribution in [1.82, 2.24) is 10.6 Å². The van der Waals surface area contributed by atoms with Gasteiger partial charge in [0.15, 0.2) is 0 Å². The molecule has 0 bridgehead atoms. The average molecular weight is 304 g/mol. The van der Waals surface area contributed by atoms with Crippen LogP contribution in [0.2, 0.25) is 0 Å². The van der Waals surface area contributed by atoms with E-state index in [1.807, 2.05) is 6.92 Å². The van der Waals surface area contributed by atoms with Crippen LogP contribution in [0.4, 0.5) is 4.79 Å². The molecule has 0 aliphatic carbocycles. The average Bonchev–Trinajstić information content (AvgIpc) is 2.35. The van der Waals surface area contributed by atoms with Gasteiger partial charge in [0.2, 0.25) is 5.91 Å². The Morgan fingerprint density at radius 2 is 1.85 bits per heavy atom. The Morgan fingerprint density at radius 1 is 1.20 bits per heavy atom. The molecule has 3 amide bonds. The lowest BCUT2D eigenvalue weighted by atomic mass is 10.1. The lowest BCUT2D eigenvalue weighted by Gasteiger charge is -2.10. The largest absolute Gasteiger partial charge is 0.469 e. The molecule has 2 N–H and O–H groups in total. The van der Waals surface area contributed by atoms with Crippen molar-refractivity contribution in [2.45, 2.75) is 38.9 Å².